The van der Waals surface area contributed by atoms with E-state index in [4.69, 9.17) is 21.1 Å². The first-order valence-corrected chi connectivity index (χ1v) is 7.72. The van der Waals surface area contributed by atoms with E-state index in [0.29, 0.717) is 6.04 Å². The van der Waals surface area contributed by atoms with Gasteiger partial charge in [-0.3, -0.25) is 0 Å². The fourth-order valence-corrected chi connectivity index (χ4v) is 2.51. The van der Waals surface area contributed by atoms with E-state index in [0.717, 1.165) is 55.4 Å². The van der Waals surface area contributed by atoms with Gasteiger partial charge < -0.3 is 14.8 Å². The van der Waals surface area contributed by atoms with Crippen molar-refractivity contribution in [3.05, 3.63) is 28.8 Å². The van der Waals surface area contributed by atoms with Crippen molar-refractivity contribution in [2.45, 2.75) is 39.2 Å². The van der Waals surface area contributed by atoms with Crippen LogP contribution in [0.2, 0.25) is 5.02 Å². The lowest BCUT2D eigenvalue weighted by atomic mass is 10.0. The van der Waals surface area contributed by atoms with E-state index < -0.39 is 0 Å². The van der Waals surface area contributed by atoms with E-state index in [1.807, 2.05) is 25.1 Å². The van der Waals surface area contributed by atoms with Gasteiger partial charge in [0.1, 0.15) is 5.75 Å². The maximum absolute atomic E-state index is 6.08. The first-order valence-electron chi connectivity index (χ1n) is 7.34. The normalized spacial score (nSPS) is 12.4. The molecule has 1 atom stereocenters. The second-order valence-electron chi connectivity index (χ2n) is 4.75. The molecule has 0 saturated heterocycles. The third kappa shape index (κ3) is 6.12. The Morgan fingerprint density at radius 3 is 2.75 bits per heavy atom. The standard InChI is InChI=1S/C16H26ClNO2/c1-4-18-15(7-6-10-20-5-2)12-13-11-14(17)8-9-16(13)19-3/h8-9,11,15,18H,4-7,10,12H2,1-3H3. The Labute approximate surface area is 127 Å². The van der Waals surface area contributed by atoms with Gasteiger partial charge in [-0.15, -0.1) is 0 Å². The van der Waals surface area contributed by atoms with Crippen LogP contribution in [0.15, 0.2) is 18.2 Å². The molecular formula is C16H26ClNO2. The molecule has 0 aliphatic carbocycles. The highest BCUT2D eigenvalue weighted by molar-refractivity contribution is 6.30. The molecule has 1 N–H and O–H groups in total. The summed E-state index contributed by atoms with van der Waals surface area (Å²) in [6.07, 6.45) is 3.07. The molecule has 20 heavy (non-hydrogen) atoms. The Balaban J connectivity index is 2.61. The molecule has 0 radical (unpaired) electrons. The molecular weight excluding hydrogens is 274 g/mol. The summed E-state index contributed by atoms with van der Waals surface area (Å²) in [6.45, 7) is 6.73. The molecule has 1 aromatic rings. The molecule has 1 rings (SSSR count). The summed E-state index contributed by atoms with van der Waals surface area (Å²) < 4.78 is 10.8. The second kappa shape index (κ2) is 10.0. The summed E-state index contributed by atoms with van der Waals surface area (Å²) in [5.74, 6) is 0.905. The van der Waals surface area contributed by atoms with Gasteiger partial charge in [0.2, 0.25) is 0 Å². The van der Waals surface area contributed by atoms with Gasteiger partial charge in [-0.2, -0.15) is 0 Å². The first kappa shape index (κ1) is 17.3. The Morgan fingerprint density at radius 2 is 2.10 bits per heavy atom. The van der Waals surface area contributed by atoms with Gasteiger partial charge in [-0.1, -0.05) is 18.5 Å². The lowest BCUT2D eigenvalue weighted by Gasteiger charge is -2.19. The van der Waals surface area contributed by atoms with Crippen LogP contribution in [0.5, 0.6) is 5.75 Å². The van der Waals surface area contributed by atoms with Gasteiger partial charge in [0.15, 0.2) is 0 Å². The number of methoxy groups -OCH3 is 1. The molecule has 114 valence electrons. The minimum Gasteiger partial charge on any atom is -0.496 e. The van der Waals surface area contributed by atoms with Crippen LogP contribution in [-0.2, 0) is 11.2 Å². The molecule has 0 aliphatic heterocycles. The van der Waals surface area contributed by atoms with Crippen molar-refractivity contribution in [2.24, 2.45) is 0 Å². The molecule has 0 aliphatic rings. The molecule has 0 heterocycles. The van der Waals surface area contributed by atoms with Crippen LogP contribution < -0.4 is 10.1 Å². The Morgan fingerprint density at radius 1 is 1.30 bits per heavy atom. The van der Waals surface area contributed by atoms with Gasteiger partial charge >= 0.3 is 0 Å². The minimum absolute atomic E-state index is 0.424. The summed E-state index contributed by atoms with van der Waals surface area (Å²) in [5, 5.41) is 4.28. The smallest absolute Gasteiger partial charge is 0.122 e. The maximum atomic E-state index is 6.08. The third-order valence-electron chi connectivity index (χ3n) is 3.25. The largest absolute Gasteiger partial charge is 0.496 e. The highest BCUT2D eigenvalue weighted by Gasteiger charge is 2.12. The van der Waals surface area contributed by atoms with Crippen molar-refractivity contribution in [3.8, 4) is 5.75 Å². The quantitative estimate of drug-likeness (QED) is 0.669. The fraction of sp³-hybridized carbons (Fsp3) is 0.625. The Bertz CT molecular complexity index is 385. The summed E-state index contributed by atoms with van der Waals surface area (Å²) in [6, 6.07) is 6.21. The molecule has 0 aromatic heterocycles. The van der Waals surface area contributed by atoms with Crippen molar-refractivity contribution < 1.29 is 9.47 Å². The number of ether oxygens (including phenoxy) is 2. The highest BCUT2D eigenvalue weighted by atomic mass is 35.5. The van der Waals surface area contributed by atoms with Crippen molar-refractivity contribution in [1.82, 2.24) is 5.32 Å². The second-order valence-corrected chi connectivity index (χ2v) is 5.19. The zero-order valence-corrected chi connectivity index (χ0v) is 13.5. The molecule has 0 spiro atoms. The van der Waals surface area contributed by atoms with Crippen LogP contribution in [0, 0.1) is 0 Å². The molecule has 0 saturated carbocycles. The zero-order chi connectivity index (χ0) is 14.8. The number of benzene rings is 1. The molecule has 0 fully saturated rings. The number of hydrogen-bond acceptors (Lipinski definition) is 3. The lowest BCUT2D eigenvalue weighted by Crippen LogP contribution is -2.31. The molecule has 0 bridgehead atoms. The summed E-state index contributed by atoms with van der Waals surface area (Å²) >= 11 is 6.08. The van der Waals surface area contributed by atoms with E-state index in [9.17, 15) is 0 Å². The topological polar surface area (TPSA) is 30.5 Å². The van der Waals surface area contributed by atoms with Gasteiger partial charge in [0.05, 0.1) is 7.11 Å². The summed E-state index contributed by atoms with van der Waals surface area (Å²) in [4.78, 5) is 0. The molecule has 1 unspecified atom stereocenters. The van der Waals surface area contributed by atoms with E-state index in [1.165, 1.54) is 0 Å². The average molecular weight is 300 g/mol. The zero-order valence-electron chi connectivity index (χ0n) is 12.7. The maximum Gasteiger partial charge on any atom is 0.122 e. The van der Waals surface area contributed by atoms with Crippen molar-refractivity contribution in [1.29, 1.82) is 0 Å². The number of hydrogen-bond donors (Lipinski definition) is 1. The Kier molecular flexibility index (Phi) is 8.67. The number of nitrogens with one attached hydrogen (secondary N) is 1. The lowest BCUT2D eigenvalue weighted by molar-refractivity contribution is 0.141. The van der Waals surface area contributed by atoms with E-state index in [2.05, 4.69) is 12.2 Å². The van der Waals surface area contributed by atoms with Gasteiger partial charge in [0, 0.05) is 24.3 Å². The number of likely N-dealkylation sites (N-methyl/N-ethyl adjacent to an activating group) is 1. The number of halogens is 1. The first-order chi connectivity index (χ1) is 9.71. The van der Waals surface area contributed by atoms with Crippen LogP contribution in [-0.4, -0.2) is 32.9 Å². The summed E-state index contributed by atoms with van der Waals surface area (Å²) in [5.41, 5.74) is 1.15. The molecule has 0 amide bonds. The highest BCUT2D eigenvalue weighted by Crippen LogP contribution is 2.24. The predicted octanol–water partition coefficient (Wildman–Crippen LogP) is 3.69. The molecule has 3 nitrogen and oxygen atoms in total. The minimum atomic E-state index is 0.424. The van der Waals surface area contributed by atoms with Crippen LogP contribution in [0.4, 0.5) is 0 Å². The Hall–Kier alpha value is -0.770. The number of rotatable bonds is 10. The third-order valence-corrected chi connectivity index (χ3v) is 3.48. The van der Waals surface area contributed by atoms with Crippen molar-refractivity contribution in [2.75, 3.05) is 26.9 Å². The van der Waals surface area contributed by atoms with E-state index in [-0.39, 0.29) is 0 Å². The predicted molar refractivity (Wildman–Crippen MR) is 84.9 cm³/mol. The molecule has 4 heteroatoms. The van der Waals surface area contributed by atoms with Crippen LogP contribution in [0.1, 0.15) is 32.3 Å². The van der Waals surface area contributed by atoms with Crippen molar-refractivity contribution in [3.63, 3.8) is 0 Å². The van der Waals surface area contributed by atoms with Gasteiger partial charge in [-0.25, -0.2) is 0 Å². The van der Waals surface area contributed by atoms with Crippen molar-refractivity contribution >= 4 is 11.6 Å². The van der Waals surface area contributed by atoms with Crippen LogP contribution in [0.25, 0.3) is 0 Å². The van der Waals surface area contributed by atoms with Gasteiger partial charge in [0.25, 0.3) is 0 Å². The average Bonchev–Trinajstić information content (AvgIpc) is 2.44. The van der Waals surface area contributed by atoms with E-state index >= 15 is 0 Å². The van der Waals surface area contributed by atoms with Crippen LogP contribution in [0.3, 0.4) is 0 Å². The monoisotopic (exact) mass is 299 g/mol. The SMILES string of the molecule is CCNC(CCCOCC)Cc1cc(Cl)ccc1OC. The summed E-state index contributed by atoms with van der Waals surface area (Å²) in [7, 11) is 1.70. The van der Waals surface area contributed by atoms with E-state index in [1.54, 1.807) is 7.11 Å². The molecule has 1 aromatic carbocycles. The van der Waals surface area contributed by atoms with Crippen LogP contribution >= 0.6 is 11.6 Å². The van der Waals surface area contributed by atoms with Gasteiger partial charge in [-0.05, 0) is 56.5 Å². The fourth-order valence-electron chi connectivity index (χ4n) is 2.31.